The lowest BCUT2D eigenvalue weighted by Gasteiger charge is -2.38. The number of hydrogen-bond donors (Lipinski definition) is 2. The molecule has 0 spiro atoms. The van der Waals surface area contributed by atoms with Crippen LogP contribution in [0.15, 0.2) is 18.3 Å². The van der Waals surface area contributed by atoms with Crippen LogP contribution in [0.5, 0.6) is 0 Å². The van der Waals surface area contributed by atoms with E-state index < -0.39 is 5.60 Å². The number of H-pyrrole nitrogens is 1. The van der Waals surface area contributed by atoms with Crippen molar-refractivity contribution in [2.24, 2.45) is 0 Å². The van der Waals surface area contributed by atoms with Gasteiger partial charge in [-0.2, -0.15) is 0 Å². The highest BCUT2D eigenvalue weighted by Gasteiger charge is 2.37. The second kappa shape index (κ2) is 6.68. The lowest BCUT2D eigenvalue weighted by Crippen LogP contribution is -2.45. The molecule has 1 fully saturated rings. The maximum Gasteiger partial charge on any atom is 0.255 e. The molecule has 2 aromatic heterocycles. The molecule has 3 rings (SSSR count). The Balaban J connectivity index is 1.77. The van der Waals surface area contributed by atoms with Crippen LogP contribution in [0.3, 0.4) is 0 Å². The quantitative estimate of drug-likeness (QED) is 0.829. The van der Waals surface area contributed by atoms with E-state index in [1.54, 1.807) is 18.0 Å². The van der Waals surface area contributed by atoms with Crippen LogP contribution in [-0.2, 0) is 5.60 Å². The number of aryl methyl sites for hydroxylation is 2. The highest BCUT2D eigenvalue weighted by Crippen LogP contribution is 2.32. The summed E-state index contributed by atoms with van der Waals surface area (Å²) in [6.45, 7) is 7.95. The maximum atomic E-state index is 13.0. The molecule has 2 N–H and O–H groups in total. The molecule has 0 radical (unpaired) electrons. The third-order valence-electron chi connectivity index (χ3n) is 5.27. The Hall–Kier alpha value is -2.47. The van der Waals surface area contributed by atoms with Crippen LogP contribution in [0, 0.1) is 20.8 Å². The Morgan fingerprint density at radius 2 is 1.85 bits per heavy atom. The van der Waals surface area contributed by atoms with Crippen LogP contribution in [0.4, 0.5) is 0 Å². The van der Waals surface area contributed by atoms with Gasteiger partial charge in [-0.1, -0.05) is 6.07 Å². The van der Waals surface area contributed by atoms with Gasteiger partial charge in [0.25, 0.3) is 5.91 Å². The molecule has 0 aliphatic carbocycles. The van der Waals surface area contributed by atoms with Crippen LogP contribution in [0.2, 0.25) is 0 Å². The molecule has 2 aromatic rings. The summed E-state index contributed by atoms with van der Waals surface area (Å²) in [6.07, 6.45) is 2.63. The molecule has 1 amide bonds. The number of aromatic nitrogens is 2. The molecule has 0 aromatic carbocycles. The van der Waals surface area contributed by atoms with Crippen LogP contribution >= 0.6 is 0 Å². The third kappa shape index (κ3) is 3.17. The van der Waals surface area contributed by atoms with E-state index in [2.05, 4.69) is 9.97 Å². The zero-order valence-electron chi connectivity index (χ0n) is 15.7. The van der Waals surface area contributed by atoms with Gasteiger partial charge in [0.15, 0.2) is 5.78 Å². The first kappa shape index (κ1) is 18.3. The molecular weight excluding hydrogens is 330 g/mol. The van der Waals surface area contributed by atoms with Gasteiger partial charge in [0.05, 0.1) is 17.0 Å². The summed E-state index contributed by atoms with van der Waals surface area (Å²) in [7, 11) is 0. The summed E-state index contributed by atoms with van der Waals surface area (Å²) in [5, 5.41) is 10.9. The van der Waals surface area contributed by atoms with Crippen molar-refractivity contribution in [3.05, 3.63) is 52.1 Å². The summed E-state index contributed by atoms with van der Waals surface area (Å²) in [5.74, 6) is -0.175. The highest BCUT2D eigenvalue weighted by atomic mass is 16.3. The standard InChI is InChI=1S/C20H25N3O3/c1-12-5-6-16(21-11-12)20(26)7-9-23(10-8-20)19(25)17-13(2)18(15(4)24)22-14(17)3/h5-6,11,22,26H,7-10H2,1-4H3. The normalized spacial score (nSPS) is 16.6. The number of rotatable bonds is 3. The second-order valence-electron chi connectivity index (χ2n) is 7.23. The number of ketones is 1. The Morgan fingerprint density at radius 1 is 1.19 bits per heavy atom. The van der Waals surface area contributed by atoms with E-state index in [0.29, 0.717) is 54.1 Å². The molecule has 3 heterocycles. The maximum absolute atomic E-state index is 13.0. The zero-order chi connectivity index (χ0) is 19.1. The molecule has 1 aliphatic rings. The predicted molar refractivity (Wildman–Crippen MR) is 98.3 cm³/mol. The van der Waals surface area contributed by atoms with Crippen LogP contribution in [-0.4, -0.2) is 44.8 Å². The van der Waals surface area contributed by atoms with Gasteiger partial charge in [0.2, 0.25) is 0 Å². The van der Waals surface area contributed by atoms with E-state index in [0.717, 1.165) is 5.56 Å². The number of carbonyl (C=O) groups excluding carboxylic acids is 2. The van der Waals surface area contributed by atoms with Gasteiger partial charge in [-0.15, -0.1) is 0 Å². The van der Waals surface area contributed by atoms with Crippen molar-refractivity contribution in [1.29, 1.82) is 0 Å². The third-order valence-corrected chi connectivity index (χ3v) is 5.27. The smallest absolute Gasteiger partial charge is 0.255 e. The van der Waals surface area contributed by atoms with Gasteiger partial charge in [0, 0.05) is 31.9 Å². The SMILES string of the molecule is CC(=O)c1[nH]c(C)c(C(=O)N2CCC(O)(c3ccc(C)cn3)CC2)c1C. The number of amides is 1. The van der Waals surface area contributed by atoms with Crippen LogP contribution in [0.25, 0.3) is 0 Å². The molecule has 0 saturated carbocycles. The van der Waals surface area contributed by atoms with E-state index in [1.165, 1.54) is 6.92 Å². The Kier molecular flexibility index (Phi) is 4.71. The average Bonchev–Trinajstić information content (AvgIpc) is 2.90. The fourth-order valence-corrected chi connectivity index (χ4v) is 3.66. The highest BCUT2D eigenvalue weighted by molar-refractivity contribution is 6.02. The molecule has 138 valence electrons. The van der Waals surface area contributed by atoms with Crippen molar-refractivity contribution in [2.45, 2.75) is 46.1 Å². The van der Waals surface area contributed by atoms with Gasteiger partial charge in [-0.25, -0.2) is 0 Å². The minimum absolute atomic E-state index is 0.0804. The Labute approximate surface area is 153 Å². The van der Waals surface area contributed by atoms with E-state index in [4.69, 9.17) is 0 Å². The molecule has 1 aliphatic heterocycles. The lowest BCUT2D eigenvalue weighted by atomic mass is 9.87. The van der Waals surface area contributed by atoms with Gasteiger partial charge in [-0.3, -0.25) is 14.6 Å². The van der Waals surface area contributed by atoms with Crippen molar-refractivity contribution in [2.75, 3.05) is 13.1 Å². The topological polar surface area (TPSA) is 86.3 Å². The first-order valence-electron chi connectivity index (χ1n) is 8.88. The molecular formula is C20H25N3O3. The van der Waals surface area contributed by atoms with Crippen molar-refractivity contribution >= 4 is 11.7 Å². The zero-order valence-corrected chi connectivity index (χ0v) is 15.7. The summed E-state index contributed by atoms with van der Waals surface area (Å²) >= 11 is 0. The van der Waals surface area contributed by atoms with Gasteiger partial charge >= 0.3 is 0 Å². The van der Waals surface area contributed by atoms with Crippen molar-refractivity contribution in [3.63, 3.8) is 0 Å². The monoisotopic (exact) mass is 355 g/mol. The molecule has 0 atom stereocenters. The van der Waals surface area contributed by atoms with Crippen LogP contribution < -0.4 is 0 Å². The average molecular weight is 355 g/mol. The number of aromatic amines is 1. The second-order valence-corrected chi connectivity index (χ2v) is 7.23. The largest absolute Gasteiger partial charge is 0.383 e. The molecule has 26 heavy (non-hydrogen) atoms. The lowest BCUT2D eigenvalue weighted by molar-refractivity contribution is -0.0244. The van der Waals surface area contributed by atoms with E-state index in [-0.39, 0.29) is 11.7 Å². The van der Waals surface area contributed by atoms with Crippen LogP contribution in [0.1, 0.15) is 63.1 Å². The molecule has 6 nitrogen and oxygen atoms in total. The molecule has 1 saturated heterocycles. The molecule has 0 bridgehead atoms. The number of hydrogen-bond acceptors (Lipinski definition) is 4. The van der Waals surface area contributed by atoms with Gasteiger partial charge in [-0.05, 0) is 50.8 Å². The number of Topliss-reactive ketones (excluding diaryl/α,β-unsaturated/α-hetero) is 1. The first-order chi connectivity index (χ1) is 12.2. The van der Waals surface area contributed by atoms with Crippen molar-refractivity contribution < 1.29 is 14.7 Å². The first-order valence-corrected chi connectivity index (χ1v) is 8.88. The summed E-state index contributed by atoms with van der Waals surface area (Å²) in [4.78, 5) is 33.8. The summed E-state index contributed by atoms with van der Waals surface area (Å²) < 4.78 is 0. The fraction of sp³-hybridized carbons (Fsp3) is 0.450. The van der Waals surface area contributed by atoms with Crippen molar-refractivity contribution in [3.8, 4) is 0 Å². The van der Waals surface area contributed by atoms with Crippen molar-refractivity contribution in [1.82, 2.24) is 14.9 Å². The Morgan fingerprint density at radius 3 is 2.35 bits per heavy atom. The number of likely N-dealkylation sites (tertiary alicyclic amines) is 1. The number of nitrogens with zero attached hydrogens (tertiary/aromatic N) is 2. The minimum atomic E-state index is -1.00. The number of carbonyl (C=O) groups is 2. The predicted octanol–water partition coefficient (Wildman–Crippen LogP) is 2.66. The number of nitrogens with one attached hydrogen (secondary N) is 1. The Bertz CT molecular complexity index is 844. The summed E-state index contributed by atoms with van der Waals surface area (Å²) in [5.41, 5.74) is 3.15. The van der Waals surface area contributed by atoms with Gasteiger partial charge < -0.3 is 15.0 Å². The van der Waals surface area contributed by atoms with E-state index >= 15 is 0 Å². The summed E-state index contributed by atoms with van der Waals surface area (Å²) in [6, 6.07) is 3.79. The number of aliphatic hydroxyl groups is 1. The fourth-order valence-electron chi connectivity index (χ4n) is 3.66. The van der Waals surface area contributed by atoms with E-state index in [9.17, 15) is 14.7 Å². The minimum Gasteiger partial charge on any atom is -0.383 e. The van der Waals surface area contributed by atoms with Gasteiger partial charge in [0.1, 0.15) is 5.60 Å². The molecule has 0 unspecified atom stereocenters. The molecule has 6 heteroatoms. The van der Waals surface area contributed by atoms with E-state index in [1.807, 2.05) is 26.0 Å². The number of pyridine rings is 1. The number of piperidine rings is 1.